The Bertz CT molecular complexity index is 992. The quantitative estimate of drug-likeness (QED) is 0.665. The van der Waals surface area contributed by atoms with Gasteiger partial charge in [0.05, 0.1) is 11.7 Å². The van der Waals surface area contributed by atoms with Gasteiger partial charge in [-0.3, -0.25) is 0 Å². The number of likely N-dealkylation sites (N-methyl/N-ethyl adjacent to an activating group) is 2. The summed E-state index contributed by atoms with van der Waals surface area (Å²) in [6.07, 6.45) is 0.983. The number of hydrogen-bond acceptors (Lipinski definition) is 8. The van der Waals surface area contributed by atoms with Crippen molar-refractivity contribution >= 4 is 17.3 Å². The van der Waals surface area contributed by atoms with Gasteiger partial charge in [-0.25, -0.2) is 0 Å². The molecule has 0 saturated carbocycles. The molecule has 1 fully saturated rings. The summed E-state index contributed by atoms with van der Waals surface area (Å²) >= 11 is 0. The van der Waals surface area contributed by atoms with Crippen molar-refractivity contribution in [3.63, 3.8) is 0 Å². The van der Waals surface area contributed by atoms with Gasteiger partial charge in [-0.05, 0) is 37.7 Å². The van der Waals surface area contributed by atoms with Crippen molar-refractivity contribution in [3.8, 4) is 0 Å². The van der Waals surface area contributed by atoms with Crippen molar-refractivity contribution in [2.75, 3.05) is 43.5 Å². The predicted molar refractivity (Wildman–Crippen MR) is 102 cm³/mol. The maximum atomic E-state index is 4.65. The molecular formula is C18H23N9. The molecule has 0 unspecified atom stereocenters. The van der Waals surface area contributed by atoms with E-state index in [2.05, 4.69) is 60.4 Å². The minimum Gasteiger partial charge on any atom is -0.352 e. The third kappa shape index (κ3) is 2.78. The molecule has 0 spiro atoms. The second-order valence-corrected chi connectivity index (χ2v) is 7.54. The van der Waals surface area contributed by atoms with Crippen LogP contribution in [0.3, 0.4) is 0 Å². The Hall–Kier alpha value is -2.81. The van der Waals surface area contributed by atoms with Gasteiger partial charge in [-0.2, -0.15) is 9.61 Å². The summed E-state index contributed by atoms with van der Waals surface area (Å²) in [5.41, 5.74) is 3.22. The number of anilines is 2. The molecule has 3 aromatic rings. The molecular weight excluding hydrogens is 342 g/mol. The SMILES string of the molecule is Cc1nnc2ccc(N3CC(N(C)c4cc5c(nn4)CCN(C)C5)C3)nn12. The number of aryl methyl sites for hydroxylation is 1. The van der Waals surface area contributed by atoms with Crippen molar-refractivity contribution in [1.29, 1.82) is 0 Å². The second kappa shape index (κ2) is 6.12. The monoisotopic (exact) mass is 365 g/mol. The molecule has 1 saturated heterocycles. The van der Waals surface area contributed by atoms with Crippen molar-refractivity contribution in [2.24, 2.45) is 0 Å². The van der Waals surface area contributed by atoms with Crippen LogP contribution < -0.4 is 9.80 Å². The van der Waals surface area contributed by atoms with Crippen LogP contribution in [-0.2, 0) is 13.0 Å². The lowest BCUT2D eigenvalue weighted by atomic mass is 10.1. The zero-order valence-corrected chi connectivity index (χ0v) is 15.9. The Labute approximate surface area is 157 Å². The van der Waals surface area contributed by atoms with Crippen LogP contribution >= 0.6 is 0 Å². The molecule has 0 N–H and O–H groups in total. The Kier molecular flexibility index (Phi) is 3.71. The zero-order valence-electron chi connectivity index (χ0n) is 15.9. The molecule has 2 aliphatic rings. The van der Waals surface area contributed by atoms with E-state index in [-0.39, 0.29) is 0 Å². The van der Waals surface area contributed by atoms with Gasteiger partial charge in [0.15, 0.2) is 17.3 Å². The van der Waals surface area contributed by atoms with Crippen LogP contribution in [-0.4, -0.2) is 74.7 Å². The molecule has 5 heterocycles. The normalized spacial score (nSPS) is 17.8. The lowest BCUT2D eigenvalue weighted by Gasteiger charge is -2.45. The number of rotatable bonds is 3. The van der Waals surface area contributed by atoms with Gasteiger partial charge >= 0.3 is 0 Å². The van der Waals surface area contributed by atoms with E-state index in [1.807, 2.05) is 19.1 Å². The summed E-state index contributed by atoms with van der Waals surface area (Å²) in [6.45, 7) is 5.74. The fraction of sp³-hybridized carbons (Fsp3) is 0.500. The average molecular weight is 365 g/mol. The largest absolute Gasteiger partial charge is 0.352 e. The first-order valence-electron chi connectivity index (χ1n) is 9.29. The van der Waals surface area contributed by atoms with Gasteiger partial charge < -0.3 is 14.7 Å². The fourth-order valence-electron chi connectivity index (χ4n) is 3.76. The van der Waals surface area contributed by atoms with E-state index in [1.165, 1.54) is 5.56 Å². The minimum atomic E-state index is 0.401. The van der Waals surface area contributed by atoms with Gasteiger partial charge in [-0.15, -0.1) is 20.4 Å². The van der Waals surface area contributed by atoms with Gasteiger partial charge in [0.2, 0.25) is 0 Å². The smallest absolute Gasteiger partial charge is 0.178 e. The lowest BCUT2D eigenvalue weighted by Crippen LogP contribution is -2.59. The predicted octanol–water partition coefficient (Wildman–Crippen LogP) is 0.536. The van der Waals surface area contributed by atoms with Gasteiger partial charge in [0.25, 0.3) is 0 Å². The van der Waals surface area contributed by atoms with Crippen LogP contribution in [0, 0.1) is 6.92 Å². The first-order valence-corrected chi connectivity index (χ1v) is 9.29. The number of fused-ring (bicyclic) bond motifs is 2. The van der Waals surface area contributed by atoms with Gasteiger partial charge in [-0.1, -0.05) is 0 Å². The van der Waals surface area contributed by atoms with Crippen molar-refractivity contribution in [3.05, 3.63) is 35.3 Å². The summed E-state index contributed by atoms with van der Waals surface area (Å²) in [5.74, 6) is 2.70. The fourth-order valence-corrected chi connectivity index (χ4v) is 3.76. The first-order chi connectivity index (χ1) is 13.1. The Morgan fingerprint density at radius 3 is 2.81 bits per heavy atom. The summed E-state index contributed by atoms with van der Waals surface area (Å²) < 4.78 is 1.79. The lowest BCUT2D eigenvalue weighted by molar-refractivity contribution is 0.308. The molecule has 0 atom stereocenters. The number of hydrogen-bond donors (Lipinski definition) is 0. The number of aromatic nitrogens is 6. The molecule has 0 amide bonds. The molecule has 140 valence electrons. The highest BCUT2D eigenvalue weighted by molar-refractivity contribution is 5.51. The molecule has 27 heavy (non-hydrogen) atoms. The highest BCUT2D eigenvalue weighted by atomic mass is 15.4. The molecule has 2 aliphatic heterocycles. The maximum Gasteiger partial charge on any atom is 0.178 e. The third-order valence-electron chi connectivity index (χ3n) is 5.62. The van der Waals surface area contributed by atoms with E-state index < -0.39 is 0 Å². The van der Waals surface area contributed by atoms with Gasteiger partial charge in [0.1, 0.15) is 5.82 Å². The van der Waals surface area contributed by atoms with E-state index in [4.69, 9.17) is 0 Å². The van der Waals surface area contributed by atoms with Crippen molar-refractivity contribution in [2.45, 2.75) is 25.9 Å². The molecule has 0 radical (unpaired) electrons. The molecule has 0 bridgehead atoms. The Morgan fingerprint density at radius 1 is 1.11 bits per heavy atom. The Morgan fingerprint density at radius 2 is 1.96 bits per heavy atom. The summed E-state index contributed by atoms with van der Waals surface area (Å²) in [5, 5.41) is 21.7. The van der Waals surface area contributed by atoms with Crippen LogP contribution in [0.1, 0.15) is 17.1 Å². The second-order valence-electron chi connectivity index (χ2n) is 7.54. The summed E-state index contributed by atoms with van der Waals surface area (Å²) in [4.78, 5) is 6.83. The molecule has 0 aliphatic carbocycles. The van der Waals surface area contributed by atoms with Crippen LogP contribution in [0.4, 0.5) is 11.6 Å². The van der Waals surface area contributed by atoms with Crippen molar-refractivity contribution in [1.82, 2.24) is 34.9 Å². The summed E-state index contributed by atoms with van der Waals surface area (Å²) in [7, 11) is 4.25. The molecule has 3 aromatic heterocycles. The minimum absolute atomic E-state index is 0.401. The molecule has 5 rings (SSSR count). The van der Waals surface area contributed by atoms with E-state index in [0.29, 0.717) is 6.04 Å². The third-order valence-corrected chi connectivity index (χ3v) is 5.62. The highest BCUT2D eigenvalue weighted by Crippen LogP contribution is 2.26. The highest BCUT2D eigenvalue weighted by Gasteiger charge is 2.32. The topological polar surface area (TPSA) is 78.6 Å². The average Bonchev–Trinajstić information content (AvgIpc) is 3.00. The van der Waals surface area contributed by atoms with Gasteiger partial charge in [0, 0.05) is 39.6 Å². The first kappa shape index (κ1) is 16.4. The van der Waals surface area contributed by atoms with Crippen LogP contribution in [0.5, 0.6) is 0 Å². The number of nitrogens with zero attached hydrogens (tertiary/aromatic N) is 9. The zero-order chi connectivity index (χ0) is 18.5. The van der Waals surface area contributed by atoms with Crippen LogP contribution in [0.15, 0.2) is 18.2 Å². The van der Waals surface area contributed by atoms with E-state index in [1.54, 1.807) is 4.52 Å². The summed E-state index contributed by atoms with van der Waals surface area (Å²) in [6, 6.07) is 6.57. The molecule has 9 nitrogen and oxygen atoms in total. The van der Waals surface area contributed by atoms with Crippen LogP contribution in [0.2, 0.25) is 0 Å². The van der Waals surface area contributed by atoms with Crippen LogP contribution in [0.25, 0.3) is 5.65 Å². The standard InChI is InChI=1S/C18H23N9/c1-12-19-21-16-4-5-17(23-27(12)16)26-10-14(11-26)25(3)18-8-13-9-24(2)7-6-15(13)20-22-18/h4-5,8,14H,6-7,9-11H2,1-3H3. The van der Waals surface area contributed by atoms with E-state index in [9.17, 15) is 0 Å². The Balaban J connectivity index is 1.30. The van der Waals surface area contributed by atoms with Crippen molar-refractivity contribution < 1.29 is 0 Å². The molecule has 0 aromatic carbocycles. The molecule has 9 heteroatoms. The maximum absolute atomic E-state index is 4.65. The van der Waals surface area contributed by atoms with E-state index >= 15 is 0 Å². The van der Waals surface area contributed by atoms with E-state index in [0.717, 1.165) is 61.4 Å².